The van der Waals surface area contributed by atoms with Gasteiger partial charge in [-0.05, 0) is 19.1 Å². The number of rotatable bonds is 5. The van der Waals surface area contributed by atoms with Gasteiger partial charge < -0.3 is 5.73 Å². The summed E-state index contributed by atoms with van der Waals surface area (Å²) in [6.45, 7) is 1.45. The number of hydrogen-bond acceptors (Lipinski definition) is 5. The van der Waals surface area contributed by atoms with Gasteiger partial charge in [0, 0.05) is 23.2 Å². The van der Waals surface area contributed by atoms with E-state index in [1.807, 2.05) is 0 Å². The molecule has 0 aromatic heterocycles. The normalized spacial score (nSPS) is 13.3. The summed E-state index contributed by atoms with van der Waals surface area (Å²) in [4.78, 5) is 10.2. The van der Waals surface area contributed by atoms with Crippen LogP contribution in [0.15, 0.2) is 18.2 Å². The van der Waals surface area contributed by atoms with E-state index >= 15 is 0 Å². The first-order valence-corrected chi connectivity index (χ1v) is 7.21. The number of nitrogens with zero attached hydrogens (tertiary/aromatic N) is 1. The van der Waals surface area contributed by atoms with Gasteiger partial charge in [0.1, 0.15) is 0 Å². The van der Waals surface area contributed by atoms with Gasteiger partial charge in [0.05, 0.1) is 15.9 Å². The molecule has 0 bridgehead atoms. The first kappa shape index (κ1) is 14.9. The van der Waals surface area contributed by atoms with Gasteiger partial charge in [0.15, 0.2) is 9.84 Å². The Morgan fingerprint density at radius 2 is 2.11 bits per heavy atom. The highest BCUT2D eigenvalue weighted by Gasteiger charge is 2.24. The molecule has 0 aliphatic heterocycles. The van der Waals surface area contributed by atoms with Crippen molar-refractivity contribution in [3.63, 3.8) is 0 Å². The predicted molar refractivity (Wildman–Crippen MR) is 69.2 cm³/mol. The molecular formula is C10H13ClN2O4S. The summed E-state index contributed by atoms with van der Waals surface area (Å²) in [6, 6.07) is 3.91. The summed E-state index contributed by atoms with van der Waals surface area (Å²) >= 11 is 5.65. The van der Waals surface area contributed by atoms with Crippen molar-refractivity contribution in [1.82, 2.24) is 0 Å². The van der Waals surface area contributed by atoms with Crippen molar-refractivity contribution in [3.8, 4) is 0 Å². The van der Waals surface area contributed by atoms with Crippen LogP contribution in [-0.4, -0.2) is 25.1 Å². The molecule has 0 radical (unpaired) electrons. The van der Waals surface area contributed by atoms with Crippen LogP contribution in [-0.2, 0) is 15.6 Å². The molecule has 8 heteroatoms. The molecule has 0 spiro atoms. The Hall–Kier alpha value is -1.18. The SMILES string of the molecule is CC(CN)S(=O)(=O)Cc1ccc(Cl)cc1[N+](=O)[O-]. The second kappa shape index (κ2) is 5.64. The number of sulfone groups is 1. The van der Waals surface area contributed by atoms with Crippen LogP contribution in [0.5, 0.6) is 0 Å². The number of hydrogen-bond donors (Lipinski definition) is 1. The molecule has 1 rings (SSSR count). The van der Waals surface area contributed by atoms with Gasteiger partial charge in [-0.15, -0.1) is 0 Å². The van der Waals surface area contributed by atoms with Gasteiger partial charge in [-0.1, -0.05) is 11.6 Å². The zero-order chi connectivity index (χ0) is 13.9. The lowest BCUT2D eigenvalue weighted by Gasteiger charge is -2.10. The third kappa shape index (κ3) is 3.41. The van der Waals surface area contributed by atoms with Crippen molar-refractivity contribution in [3.05, 3.63) is 38.9 Å². The molecule has 0 fully saturated rings. The Kier molecular flexibility index (Phi) is 4.66. The van der Waals surface area contributed by atoms with Crippen molar-refractivity contribution < 1.29 is 13.3 Å². The van der Waals surface area contributed by atoms with Gasteiger partial charge >= 0.3 is 0 Å². The number of nitro groups is 1. The van der Waals surface area contributed by atoms with E-state index in [0.717, 1.165) is 6.07 Å². The molecule has 0 amide bonds. The molecule has 0 aliphatic rings. The zero-order valence-electron chi connectivity index (χ0n) is 9.67. The first-order chi connectivity index (χ1) is 8.27. The van der Waals surface area contributed by atoms with Crippen LogP contribution >= 0.6 is 11.6 Å². The molecule has 0 saturated carbocycles. The van der Waals surface area contributed by atoms with Crippen LogP contribution in [0.2, 0.25) is 5.02 Å². The smallest absolute Gasteiger partial charge is 0.275 e. The second-order valence-corrected chi connectivity index (χ2v) is 6.74. The van der Waals surface area contributed by atoms with Crippen LogP contribution in [0.1, 0.15) is 12.5 Å². The number of nitro benzene ring substituents is 1. The molecular weight excluding hydrogens is 280 g/mol. The van der Waals surface area contributed by atoms with Crippen LogP contribution < -0.4 is 5.73 Å². The minimum absolute atomic E-state index is 0.0241. The standard InChI is InChI=1S/C10H13ClN2O4S/c1-7(5-12)18(16,17)6-8-2-3-9(11)4-10(8)13(14)15/h2-4,7H,5-6,12H2,1H3. The van der Waals surface area contributed by atoms with E-state index in [2.05, 4.69) is 0 Å². The van der Waals surface area contributed by atoms with Crippen molar-refractivity contribution >= 4 is 27.1 Å². The van der Waals surface area contributed by atoms with E-state index in [9.17, 15) is 18.5 Å². The van der Waals surface area contributed by atoms with Gasteiger partial charge in [0.25, 0.3) is 5.69 Å². The number of halogens is 1. The Morgan fingerprint density at radius 1 is 1.50 bits per heavy atom. The molecule has 1 atom stereocenters. The molecule has 2 N–H and O–H groups in total. The van der Waals surface area contributed by atoms with Gasteiger partial charge in [-0.3, -0.25) is 10.1 Å². The zero-order valence-corrected chi connectivity index (χ0v) is 11.2. The lowest BCUT2D eigenvalue weighted by Crippen LogP contribution is -2.27. The monoisotopic (exact) mass is 292 g/mol. The summed E-state index contributed by atoms with van der Waals surface area (Å²) in [5.41, 5.74) is 5.12. The maximum atomic E-state index is 11.9. The van der Waals surface area contributed by atoms with E-state index in [-0.39, 0.29) is 22.8 Å². The Balaban J connectivity index is 3.16. The molecule has 1 unspecified atom stereocenters. The van der Waals surface area contributed by atoms with Crippen molar-refractivity contribution in [2.24, 2.45) is 5.73 Å². The highest BCUT2D eigenvalue weighted by atomic mass is 35.5. The van der Waals surface area contributed by atoms with Crippen LogP contribution in [0.4, 0.5) is 5.69 Å². The van der Waals surface area contributed by atoms with Crippen molar-refractivity contribution in [2.45, 2.75) is 17.9 Å². The second-order valence-electron chi connectivity index (χ2n) is 3.88. The summed E-state index contributed by atoms with van der Waals surface area (Å²) in [6.07, 6.45) is 0. The van der Waals surface area contributed by atoms with E-state index in [4.69, 9.17) is 17.3 Å². The van der Waals surface area contributed by atoms with Crippen LogP contribution in [0.3, 0.4) is 0 Å². The summed E-state index contributed by atoms with van der Waals surface area (Å²) in [5, 5.41) is 10.3. The van der Waals surface area contributed by atoms with Crippen molar-refractivity contribution in [2.75, 3.05) is 6.54 Å². The number of nitrogens with two attached hydrogens (primary N) is 1. The van der Waals surface area contributed by atoms with E-state index < -0.39 is 25.8 Å². The third-order valence-corrected chi connectivity index (χ3v) is 4.91. The quantitative estimate of drug-likeness (QED) is 0.654. The predicted octanol–water partition coefficient (Wildman–Crippen LogP) is 1.51. The fourth-order valence-corrected chi connectivity index (χ4v) is 2.76. The van der Waals surface area contributed by atoms with Gasteiger partial charge in [0.2, 0.25) is 0 Å². The van der Waals surface area contributed by atoms with E-state index in [0.29, 0.717) is 0 Å². The van der Waals surface area contributed by atoms with E-state index in [1.165, 1.54) is 19.1 Å². The molecule has 0 aliphatic carbocycles. The Morgan fingerprint density at radius 3 is 2.61 bits per heavy atom. The van der Waals surface area contributed by atoms with Crippen LogP contribution in [0, 0.1) is 10.1 Å². The van der Waals surface area contributed by atoms with Gasteiger partial charge in [-0.2, -0.15) is 0 Å². The average molecular weight is 293 g/mol. The molecule has 1 aromatic rings. The van der Waals surface area contributed by atoms with Gasteiger partial charge in [-0.25, -0.2) is 8.42 Å². The summed E-state index contributed by atoms with van der Waals surface area (Å²) < 4.78 is 23.7. The summed E-state index contributed by atoms with van der Waals surface area (Å²) in [7, 11) is -3.50. The fraction of sp³-hybridized carbons (Fsp3) is 0.400. The Labute approximate surface area is 110 Å². The maximum absolute atomic E-state index is 11.9. The lowest BCUT2D eigenvalue weighted by molar-refractivity contribution is -0.385. The summed E-state index contributed by atoms with van der Waals surface area (Å²) in [5.74, 6) is -0.418. The minimum atomic E-state index is -3.50. The number of benzene rings is 1. The fourth-order valence-electron chi connectivity index (χ4n) is 1.33. The molecule has 0 saturated heterocycles. The minimum Gasteiger partial charge on any atom is -0.329 e. The van der Waals surface area contributed by atoms with Crippen LogP contribution in [0.25, 0.3) is 0 Å². The van der Waals surface area contributed by atoms with Crippen molar-refractivity contribution in [1.29, 1.82) is 0 Å². The Bertz CT molecular complexity index is 559. The third-order valence-electron chi connectivity index (χ3n) is 2.55. The van der Waals surface area contributed by atoms with E-state index in [1.54, 1.807) is 0 Å². The first-order valence-electron chi connectivity index (χ1n) is 5.12. The molecule has 6 nitrogen and oxygen atoms in total. The molecule has 1 aromatic carbocycles. The molecule has 18 heavy (non-hydrogen) atoms. The molecule has 100 valence electrons. The highest BCUT2D eigenvalue weighted by Crippen LogP contribution is 2.25. The molecule has 0 heterocycles. The maximum Gasteiger partial charge on any atom is 0.275 e. The topological polar surface area (TPSA) is 103 Å². The largest absolute Gasteiger partial charge is 0.329 e. The average Bonchev–Trinajstić information content (AvgIpc) is 2.29. The lowest BCUT2D eigenvalue weighted by atomic mass is 10.2. The highest BCUT2D eigenvalue weighted by molar-refractivity contribution is 7.91.